The first kappa shape index (κ1) is 8.32. The van der Waals surface area contributed by atoms with Gasteiger partial charge < -0.3 is 0 Å². The maximum atomic E-state index is 2.59. The van der Waals surface area contributed by atoms with Crippen molar-refractivity contribution < 1.29 is 0 Å². The lowest BCUT2D eigenvalue weighted by Gasteiger charge is -2.53. The fourth-order valence-corrected chi connectivity index (χ4v) is 5.26. The quantitative estimate of drug-likeness (QED) is 0.620. The minimum absolute atomic E-state index is 0.769. The molecular formula is C13H22. The highest BCUT2D eigenvalue weighted by Gasteiger charge is 2.86. The van der Waals surface area contributed by atoms with Gasteiger partial charge in [0.2, 0.25) is 0 Å². The van der Waals surface area contributed by atoms with Gasteiger partial charge in [0.25, 0.3) is 0 Å². The first-order valence-corrected chi connectivity index (χ1v) is 6.14. The Bertz CT molecular complexity index is 244. The molecule has 3 aliphatic carbocycles. The summed E-state index contributed by atoms with van der Waals surface area (Å²) in [7, 11) is 0. The van der Waals surface area contributed by atoms with E-state index in [-0.39, 0.29) is 0 Å². The average Bonchev–Trinajstić information content (AvgIpc) is 2.60. The van der Waals surface area contributed by atoms with Gasteiger partial charge in [-0.2, -0.15) is 0 Å². The molecule has 0 aromatic heterocycles. The second kappa shape index (κ2) is 2.15. The maximum absolute atomic E-state index is 2.59. The van der Waals surface area contributed by atoms with Gasteiger partial charge in [0.1, 0.15) is 0 Å². The molecular weight excluding hydrogens is 156 g/mol. The molecule has 3 fully saturated rings. The lowest BCUT2D eigenvalue weighted by Crippen LogP contribution is -2.48. The standard InChI is InChI=1S/C13H22/c1-5-6-7(2)13(4)11-8(3)9-10(11)12(9)13/h7-12H,5-6H2,1-4H3. The Balaban J connectivity index is 1.77. The Morgan fingerprint density at radius 1 is 1.23 bits per heavy atom. The highest BCUT2D eigenvalue weighted by atomic mass is 14.9. The first-order valence-electron chi connectivity index (χ1n) is 6.14. The fraction of sp³-hybridized carbons (Fsp3) is 1.00. The van der Waals surface area contributed by atoms with Crippen molar-refractivity contribution in [2.45, 2.75) is 40.5 Å². The first-order chi connectivity index (χ1) is 6.14. The van der Waals surface area contributed by atoms with Crippen LogP contribution in [0.25, 0.3) is 0 Å². The topological polar surface area (TPSA) is 0 Å². The van der Waals surface area contributed by atoms with Gasteiger partial charge in [0.05, 0.1) is 0 Å². The van der Waals surface area contributed by atoms with E-state index < -0.39 is 0 Å². The van der Waals surface area contributed by atoms with Crippen LogP contribution >= 0.6 is 0 Å². The van der Waals surface area contributed by atoms with Gasteiger partial charge in [-0.25, -0.2) is 0 Å². The second-order valence-electron chi connectivity index (χ2n) is 6.12. The summed E-state index contributed by atoms with van der Waals surface area (Å²) in [4.78, 5) is 0. The zero-order valence-electron chi connectivity index (χ0n) is 9.38. The number of hydrogen-bond acceptors (Lipinski definition) is 0. The number of fused-ring (bicyclic) bond motifs is 1. The summed E-state index contributed by atoms with van der Waals surface area (Å²) in [5, 5.41) is 0. The van der Waals surface area contributed by atoms with E-state index in [2.05, 4.69) is 27.7 Å². The van der Waals surface area contributed by atoms with Crippen LogP contribution < -0.4 is 0 Å². The molecule has 7 unspecified atom stereocenters. The summed E-state index contributed by atoms with van der Waals surface area (Å²) in [6, 6.07) is 0. The van der Waals surface area contributed by atoms with Crippen LogP contribution in [0.15, 0.2) is 0 Å². The van der Waals surface area contributed by atoms with Gasteiger partial charge in [0, 0.05) is 0 Å². The van der Waals surface area contributed by atoms with Crippen molar-refractivity contribution in [3.63, 3.8) is 0 Å². The van der Waals surface area contributed by atoms with Crippen molar-refractivity contribution in [3.05, 3.63) is 0 Å². The van der Waals surface area contributed by atoms with Crippen LogP contribution in [-0.2, 0) is 0 Å². The third kappa shape index (κ3) is 0.649. The molecule has 0 heterocycles. The maximum Gasteiger partial charge on any atom is -0.0232 e. The molecule has 3 aliphatic rings. The van der Waals surface area contributed by atoms with Gasteiger partial charge >= 0.3 is 0 Å². The largest absolute Gasteiger partial charge is 0.0654 e. The summed E-state index contributed by atoms with van der Waals surface area (Å²) in [6.07, 6.45) is 2.83. The van der Waals surface area contributed by atoms with Gasteiger partial charge in [-0.15, -0.1) is 0 Å². The van der Waals surface area contributed by atoms with E-state index in [1.165, 1.54) is 24.7 Å². The van der Waals surface area contributed by atoms with Crippen LogP contribution in [-0.4, -0.2) is 0 Å². The lowest BCUT2D eigenvalue weighted by molar-refractivity contribution is -0.0581. The van der Waals surface area contributed by atoms with E-state index >= 15 is 0 Å². The van der Waals surface area contributed by atoms with Crippen molar-refractivity contribution in [3.8, 4) is 0 Å². The number of rotatable bonds is 3. The highest BCUT2D eigenvalue weighted by Crippen LogP contribution is 2.89. The van der Waals surface area contributed by atoms with E-state index in [0.29, 0.717) is 0 Å². The zero-order valence-corrected chi connectivity index (χ0v) is 9.38. The Morgan fingerprint density at radius 2 is 1.92 bits per heavy atom. The predicted octanol–water partition coefficient (Wildman–Crippen LogP) is 3.57. The Hall–Kier alpha value is 0. The summed E-state index contributed by atoms with van der Waals surface area (Å²) in [5.41, 5.74) is 0.769. The molecule has 0 aliphatic heterocycles. The van der Waals surface area contributed by atoms with Crippen LogP contribution in [0.4, 0.5) is 0 Å². The Kier molecular flexibility index (Phi) is 1.37. The molecule has 0 spiro atoms. The van der Waals surface area contributed by atoms with Crippen LogP contribution in [0.5, 0.6) is 0 Å². The van der Waals surface area contributed by atoms with E-state index in [1.54, 1.807) is 0 Å². The molecule has 0 saturated heterocycles. The van der Waals surface area contributed by atoms with E-state index in [1.807, 2.05) is 0 Å². The minimum atomic E-state index is 0.769. The molecule has 7 atom stereocenters. The van der Waals surface area contributed by atoms with Crippen molar-refractivity contribution in [2.75, 3.05) is 0 Å². The van der Waals surface area contributed by atoms with Crippen LogP contribution in [0.2, 0.25) is 0 Å². The van der Waals surface area contributed by atoms with Gasteiger partial charge in [-0.3, -0.25) is 0 Å². The third-order valence-electron chi connectivity index (χ3n) is 5.94. The second-order valence-corrected chi connectivity index (χ2v) is 6.12. The van der Waals surface area contributed by atoms with Gasteiger partial charge in [-0.1, -0.05) is 40.5 Å². The average molecular weight is 178 g/mol. The molecule has 0 amide bonds. The van der Waals surface area contributed by atoms with Crippen molar-refractivity contribution in [1.82, 2.24) is 0 Å². The van der Waals surface area contributed by atoms with Gasteiger partial charge in [0.15, 0.2) is 0 Å². The SMILES string of the molecule is CCCC(C)C1(C)C2C(C)C3C2C31. The van der Waals surface area contributed by atoms with Gasteiger partial charge in [-0.05, 0) is 40.9 Å². The molecule has 74 valence electrons. The van der Waals surface area contributed by atoms with Crippen LogP contribution in [0.1, 0.15) is 40.5 Å². The van der Waals surface area contributed by atoms with Crippen LogP contribution in [0.3, 0.4) is 0 Å². The summed E-state index contributed by atoms with van der Waals surface area (Å²) in [5.74, 6) is 6.74. The zero-order chi connectivity index (χ0) is 9.38. The molecule has 0 radical (unpaired) electrons. The van der Waals surface area contributed by atoms with E-state index in [9.17, 15) is 0 Å². The monoisotopic (exact) mass is 178 g/mol. The molecule has 0 bridgehead atoms. The Labute approximate surface area is 82.1 Å². The fourth-order valence-electron chi connectivity index (χ4n) is 5.26. The summed E-state index contributed by atoms with van der Waals surface area (Å²) >= 11 is 0. The summed E-state index contributed by atoms with van der Waals surface area (Å²) in [6.45, 7) is 9.91. The lowest BCUT2D eigenvalue weighted by atomic mass is 9.51. The van der Waals surface area contributed by atoms with E-state index in [0.717, 1.165) is 29.1 Å². The molecule has 3 rings (SSSR count). The molecule has 0 heteroatoms. The molecule has 0 nitrogen and oxygen atoms in total. The van der Waals surface area contributed by atoms with Crippen molar-refractivity contribution in [2.24, 2.45) is 40.9 Å². The normalized spacial score (nSPS) is 63.2. The number of hydrogen-bond donors (Lipinski definition) is 0. The molecule has 0 aromatic carbocycles. The minimum Gasteiger partial charge on any atom is -0.0654 e. The van der Waals surface area contributed by atoms with Crippen molar-refractivity contribution >= 4 is 0 Å². The molecule has 3 saturated carbocycles. The van der Waals surface area contributed by atoms with Crippen LogP contribution in [0, 0.1) is 40.9 Å². The summed E-state index contributed by atoms with van der Waals surface area (Å²) < 4.78 is 0. The third-order valence-corrected chi connectivity index (χ3v) is 5.94. The highest BCUT2D eigenvalue weighted by molar-refractivity contribution is 5.32. The molecule has 0 N–H and O–H groups in total. The smallest absolute Gasteiger partial charge is 0.0232 e. The van der Waals surface area contributed by atoms with E-state index in [4.69, 9.17) is 0 Å². The van der Waals surface area contributed by atoms with Crippen molar-refractivity contribution in [1.29, 1.82) is 0 Å². The molecule has 0 aromatic rings. The Morgan fingerprint density at radius 3 is 2.31 bits per heavy atom. The molecule has 13 heavy (non-hydrogen) atoms. The predicted molar refractivity (Wildman–Crippen MR) is 55.3 cm³/mol.